The summed E-state index contributed by atoms with van der Waals surface area (Å²) < 4.78 is 6.10. The summed E-state index contributed by atoms with van der Waals surface area (Å²) in [6.07, 6.45) is 2.66. The molecule has 0 N–H and O–H groups in total. The largest absolute Gasteiger partial charge is 0.389 e. The molecule has 2 amide bonds. The molecule has 6 atom stereocenters. The van der Waals surface area contributed by atoms with Crippen molar-refractivity contribution in [3.8, 4) is 0 Å². The molecule has 3 saturated heterocycles. The third kappa shape index (κ3) is 2.44. The van der Waals surface area contributed by atoms with Crippen LogP contribution in [0, 0.1) is 17.8 Å². The summed E-state index contributed by atoms with van der Waals surface area (Å²) in [7, 11) is 0. The molecule has 4 aliphatic rings. The number of anilines is 1. The number of carbonyl (C=O) groups excluding carboxylic acids is 2. The third-order valence-electron chi connectivity index (χ3n) is 6.40. The van der Waals surface area contributed by atoms with E-state index in [0.29, 0.717) is 10.7 Å². The minimum atomic E-state index is -0.535. The summed E-state index contributed by atoms with van der Waals surface area (Å²) >= 11 is 5.95. The summed E-state index contributed by atoms with van der Waals surface area (Å²) in [5, 5.41) is 4.79. The molecule has 0 saturated carbocycles. The number of allylic oxidation sites excluding steroid dienone is 1. The Kier molecular flexibility index (Phi) is 3.88. The van der Waals surface area contributed by atoms with E-state index >= 15 is 0 Å². The molecule has 0 aromatic heterocycles. The maximum atomic E-state index is 13.2. The van der Waals surface area contributed by atoms with Crippen LogP contribution in [0.2, 0.25) is 5.02 Å². The topological polar surface area (TPSA) is 68.2 Å². The molecule has 0 radical (unpaired) electrons. The number of hydrogen-bond donors (Lipinski definition) is 0. The van der Waals surface area contributed by atoms with Crippen LogP contribution in [0.5, 0.6) is 0 Å². The minimum absolute atomic E-state index is 0.155. The SMILES string of the molecule is O=C1[C@@H]2[C@@H]3O[C@@H]([C@H]4C(/C=C/c5ccccc5)=NO[C@@H]34)[C@@H]2C(=O)N1c1ccc(Cl)cc1. The van der Waals surface area contributed by atoms with Gasteiger partial charge in [0.1, 0.15) is 6.10 Å². The number of fused-ring (bicyclic) bond motifs is 8. The van der Waals surface area contributed by atoms with Crippen LogP contribution in [-0.4, -0.2) is 35.8 Å². The van der Waals surface area contributed by atoms with E-state index in [-0.39, 0.29) is 23.8 Å². The fraction of sp³-hybridized carbons (Fsp3) is 0.261. The number of oxime groups is 1. The number of rotatable bonds is 3. The fourth-order valence-corrected chi connectivity index (χ4v) is 5.24. The number of benzene rings is 2. The summed E-state index contributed by atoms with van der Waals surface area (Å²) in [6.45, 7) is 0. The van der Waals surface area contributed by atoms with E-state index in [1.165, 1.54) is 4.90 Å². The highest BCUT2D eigenvalue weighted by atomic mass is 35.5. The number of nitrogens with zero attached hydrogens (tertiary/aromatic N) is 2. The van der Waals surface area contributed by atoms with Crippen molar-refractivity contribution in [3.63, 3.8) is 0 Å². The van der Waals surface area contributed by atoms with E-state index in [1.54, 1.807) is 24.3 Å². The first-order valence-corrected chi connectivity index (χ1v) is 10.3. The van der Waals surface area contributed by atoms with Gasteiger partial charge in [0.25, 0.3) is 0 Å². The molecule has 4 heterocycles. The van der Waals surface area contributed by atoms with E-state index in [1.807, 2.05) is 42.5 Å². The van der Waals surface area contributed by atoms with Crippen molar-refractivity contribution < 1.29 is 19.2 Å². The summed E-state index contributed by atoms with van der Waals surface area (Å²) in [4.78, 5) is 33.3. The zero-order chi connectivity index (χ0) is 20.4. The fourth-order valence-electron chi connectivity index (χ4n) is 5.11. The van der Waals surface area contributed by atoms with Gasteiger partial charge in [-0.3, -0.25) is 9.59 Å². The molecule has 2 aromatic rings. The van der Waals surface area contributed by atoms with Crippen molar-refractivity contribution in [2.24, 2.45) is 22.9 Å². The van der Waals surface area contributed by atoms with E-state index in [0.717, 1.165) is 11.3 Å². The lowest BCUT2D eigenvalue weighted by molar-refractivity contribution is -0.125. The Morgan fingerprint density at radius 2 is 1.53 bits per heavy atom. The maximum absolute atomic E-state index is 13.2. The molecule has 7 heteroatoms. The number of carbonyl (C=O) groups is 2. The number of imide groups is 1. The molecular formula is C23H17ClN2O4. The Hall–Kier alpha value is -2.96. The zero-order valence-corrected chi connectivity index (χ0v) is 16.5. The Balaban J connectivity index is 1.29. The van der Waals surface area contributed by atoms with Crippen LogP contribution in [-0.2, 0) is 19.2 Å². The van der Waals surface area contributed by atoms with Gasteiger partial charge >= 0.3 is 0 Å². The standard InChI is InChI=1S/C23H17ClN2O4/c24-13-7-9-14(10-8-13)26-22(27)17-18(23(26)28)20-21-16(19(17)29-20)15(25-30-21)11-6-12-4-2-1-3-5-12/h1-11,16-21H/b11-6+/t16-,17-,18+,19+,20+,21-/m1/s1. The van der Waals surface area contributed by atoms with Gasteiger partial charge in [-0.25, -0.2) is 4.90 Å². The normalized spacial score (nSPS) is 33.8. The molecule has 2 bridgehead atoms. The second kappa shape index (κ2) is 6.52. The molecule has 0 spiro atoms. The van der Waals surface area contributed by atoms with Gasteiger partial charge in [0.2, 0.25) is 11.8 Å². The van der Waals surface area contributed by atoms with Gasteiger partial charge in [-0.1, -0.05) is 53.2 Å². The Bertz CT molecular complexity index is 1100. The molecule has 2 aromatic carbocycles. The molecule has 0 unspecified atom stereocenters. The first-order chi connectivity index (χ1) is 14.6. The van der Waals surface area contributed by atoms with Gasteiger partial charge in [-0.15, -0.1) is 0 Å². The lowest BCUT2D eigenvalue weighted by atomic mass is 9.72. The Labute approximate surface area is 177 Å². The second-order valence-electron chi connectivity index (χ2n) is 7.96. The van der Waals surface area contributed by atoms with Crippen LogP contribution in [0.4, 0.5) is 5.69 Å². The zero-order valence-electron chi connectivity index (χ0n) is 15.7. The predicted molar refractivity (Wildman–Crippen MR) is 111 cm³/mol. The van der Waals surface area contributed by atoms with Gasteiger partial charge in [0.05, 0.1) is 35.3 Å². The average Bonchev–Trinajstić information content (AvgIpc) is 3.49. The number of hydrogen-bond acceptors (Lipinski definition) is 5. The third-order valence-corrected chi connectivity index (χ3v) is 6.66. The van der Waals surface area contributed by atoms with Crippen molar-refractivity contribution >= 4 is 40.9 Å². The van der Waals surface area contributed by atoms with Gasteiger partial charge in [-0.2, -0.15) is 0 Å². The van der Waals surface area contributed by atoms with Gasteiger partial charge in [-0.05, 0) is 35.9 Å². The summed E-state index contributed by atoms with van der Waals surface area (Å²) in [5.41, 5.74) is 2.33. The monoisotopic (exact) mass is 420 g/mol. The smallest absolute Gasteiger partial charge is 0.240 e. The van der Waals surface area contributed by atoms with E-state index < -0.39 is 24.0 Å². The molecule has 30 heavy (non-hydrogen) atoms. The van der Waals surface area contributed by atoms with Crippen molar-refractivity contribution in [3.05, 3.63) is 71.3 Å². The first kappa shape index (κ1) is 17.9. The lowest BCUT2D eigenvalue weighted by Gasteiger charge is -2.25. The van der Waals surface area contributed by atoms with E-state index in [2.05, 4.69) is 5.16 Å². The van der Waals surface area contributed by atoms with Crippen molar-refractivity contribution in [1.82, 2.24) is 0 Å². The molecule has 150 valence electrons. The highest BCUT2D eigenvalue weighted by Crippen LogP contribution is 2.54. The highest BCUT2D eigenvalue weighted by molar-refractivity contribution is 6.31. The molecule has 0 aliphatic carbocycles. The molecule has 6 rings (SSSR count). The second-order valence-corrected chi connectivity index (χ2v) is 8.40. The van der Waals surface area contributed by atoms with Gasteiger partial charge in [0, 0.05) is 5.02 Å². The first-order valence-electron chi connectivity index (χ1n) is 9.89. The van der Waals surface area contributed by atoms with Gasteiger partial charge in [0.15, 0.2) is 6.10 Å². The molecule has 3 fully saturated rings. The summed E-state index contributed by atoms with van der Waals surface area (Å²) in [5.74, 6) is -1.67. The molecule has 6 nitrogen and oxygen atoms in total. The van der Waals surface area contributed by atoms with Crippen LogP contribution in [0.1, 0.15) is 5.56 Å². The van der Waals surface area contributed by atoms with Crippen LogP contribution in [0.25, 0.3) is 6.08 Å². The van der Waals surface area contributed by atoms with Crippen LogP contribution in [0.15, 0.2) is 65.8 Å². The minimum Gasteiger partial charge on any atom is -0.389 e. The van der Waals surface area contributed by atoms with E-state index in [9.17, 15) is 9.59 Å². The number of amides is 2. The molecule has 4 aliphatic heterocycles. The summed E-state index contributed by atoms with van der Waals surface area (Å²) in [6, 6.07) is 16.6. The van der Waals surface area contributed by atoms with Crippen molar-refractivity contribution in [2.45, 2.75) is 18.3 Å². The van der Waals surface area contributed by atoms with Crippen LogP contribution < -0.4 is 4.90 Å². The van der Waals surface area contributed by atoms with Crippen LogP contribution in [0.3, 0.4) is 0 Å². The Morgan fingerprint density at radius 1 is 0.833 bits per heavy atom. The maximum Gasteiger partial charge on any atom is 0.240 e. The quantitative estimate of drug-likeness (QED) is 0.714. The van der Waals surface area contributed by atoms with Gasteiger partial charge < -0.3 is 9.57 Å². The van der Waals surface area contributed by atoms with Crippen LogP contribution >= 0.6 is 11.6 Å². The van der Waals surface area contributed by atoms with Crippen molar-refractivity contribution in [2.75, 3.05) is 4.90 Å². The highest BCUT2D eigenvalue weighted by Gasteiger charge is 2.71. The van der Waals surface area contributed by atoms with E-state index in [4.69, 9.17) is 21.2 Å². The number of ether oxygens (including phenoxy) is 1. The predicted octanol–water partition coefficient (Wildman–Crippen LogP) is 3.31. The average molecular weight is 421 g/mol. The Morgan fingerprint density at radius 3 is 2.27 bits per heavy atom. The molecular weight excluding hydrogens is 404 g/mol. The lowest BCUT2D eigenvalue weighted by Crippen LogP contribution is -2.45. The van der Waals surface area contributed by atoms with Crippen molar-refractivity contribution in [1.29, 1.82) is 0 Å². The number of halogens is 1.